The molecular formula is C16H16FN3O3. The molecule has 1 aromatic carbocycles. The minimum Gasteiger partial charge on any atom is -0.480 e. The van der Waals surface area contributed by atoms with E-state index in [1.807, 2.05) is 6.92 Å². The molecule has 3 rings (SSSR count). The summed E-state index contributed by atoms with van der Waals surface area (Å²) in [5.74, 6) is -1.43. The van der Waals surface area contributed by atoms with Gasteiger partial charge in [-0.2, -0.15) is 0 Å². The van der Waals surface area contributed by atoms with E-state index < -0.39 is 23.6 Å². The molecule has 1 aliphatic rings. The highest BCUT2D eigenvalue weighted by molar-refractivity contribution is 5.66. The number of carboxylic acids is 1. The van der Waals surface area contributed by atoms with Crippen LogP contribution in [0.25, 0.3) is 0 Å². The third-order valence-corrected chi connectivity index (χ3v) is 4.17. The van der Waals surface area contributed by atoms with Gasteiger partial charge < -0.3 is 10.4 Å². The molecule has 1 aliphatic heterocycles. The van der Waals surface area contributed by atoms with E-state index >= 15 is 0 Å². The summed E-state index contributed by atoms with van der Waals surface area (Å²) >= 11 is 0. The Morgan fingerprint density at radius 3 is 2.78 bits per heavy atom. The summed E-state index contributed by atoms with van der Waals surface area (Å²) < 4.78 is 14.2. The molecule has 120 valence electrons. The van der Waals surface area contributed by atoms with Gasteiger partial charge in [-0.15, -0.1) is 0 Å². The first-order valence-electron chi connectivity index (χ1n) is 7.23. The molecule has 0 fully saturated rings. The number of benzene rings is 1. The fraction of sp³-hybridized carbons (Fsp3) is 0.312. The number of carbonyl (C=O) groups is 1. The SMILES string of the molecule is C[C@]1(c2ccc(F)cc2)CCc2ncn(CC(=O)O)c(=O)c2N1. The van der Waals surface area contributed by atoms with Crippen molar-refractivity contribution in [1.82, 2.24) is 9.55 Å². The molecule has 0 aliphatic carbocycles. The standard InChI is InChI=1S/C16H16FN3O3/c1-16(10-2-4-11(17)5-3-10)7-6-12-14(19-16)15(23)20(9-18-12)8-13(21)22/h2-5,9,19H,6-8H2,1H3,(H,21,22)/t16-/m1/s1. The highest BCUT2D eigenvalue weighted by Gasteiger charge is 2.33. The maximum absolute atomic E-state index is 13.1. The number of rotatable bonds is 3. The number of halogens is 1. The largest absolute Gasteiger partial charge is 0.480 e. The summed E-state index contributed by atoms with van der Waals surface area (Å²) in [5.41, 5.74) is 0.843. The fourth-order valence-electron chi connectivity index (χ4n) is 2.84. The molecule has 1 aromatic heterocycles. The van der Waals surface area contributed by atoms with E-state index in [1.165, 1.54) is 18.5 Å². The van der Waals surface area contributed by atoms with Gasteiger partial charge in [0.1, 0.15) is 18.0 Å². The Bertz CT molecular complexity index is 816. The minimum absolute atomic E-state index is 0.312. The van der Waals surface area contributed by atoms with Crippen LogP contribution in [0.3, 0.4) is 0 Å². The molecule has 7 heteroatoms. The molecular weight excluding hydrogens is 301 g/mol. The van der Waals surface area contributed by atoms with E-state index in [2.05, 4.69) is 10.3 Å². The van der Waals surface area contributed by atoms with Crippen LogP contribution in [0, 0.1) is 5.82 Å². The van der Waals surface area contributed by atoms with Gasteiger partial charge in [0, 0.05) is 0 Å². The summed E-state index contributed by atoms with van der Waals surface area (Å²) in [6.45, 7) is 1.49. The molecule has 2 N–H and O–H groups in total. The molecule has 0 spiro atoms. The number of aryl methyl sites for hydroxylation is 1. The van der Waals surface area contributed by atoms with Crippen LogP contribution in [0.4, 0.5) is 10.1 Å². The van der Waals surface area contributed by atoms with Gasteiger partial charge in [-0.25, -0.2) is 9.37 Å². The zero-order valence-electron chi connectivity index (χ0n) is 12.5. The Balaban J connectivity index is 2.00. The lowest BCUT2D eigenvalue weighted by Crippen LogP contribution is -2.41. The van der Waals surface area contributed by atoms with Crippen molar-refractivity contribution in [1.29, 1.82) is 0 Å². The minimum atomic E-state index is -1.11. The third-order valence-electron chi connectivity index (χ3n) is 4.17. The maximum atomic E-state index is 13.1. The predicted octanol–water partition coefficient (Wildman–Crippen LogP) is 1.74. The van der Waals surface area contributed by atoms with Crippen LogP contribution < -0.4 is 10.9 Å². The smallest absolute Gasteiger partial charge is 0.323 e. The number of nitrogens with zero attached hydrogens (tertiary/aromatic N) is 2. The van der Waals surface area contributed by atoms with Crippen LogP contribution >= 0.6 is 0 Å². The van der Waals surface area contributed by atoms with Crippen LogP contribution in [-0.4, -0.2) is 20.6 Å². The lowest BCUT2D eigenvalue weighted by atomic mass is 9.83. The average molecular weight is 317 g/mol. The second-order valence-corrected chi connectivity index (χ2v) is 5.86. The summed E-state index contributed by atoms with van der Waals surface area (Å²) in [6, 6.07) is 6.12. The van der Waals surface area contributed by atoms with E-state index in [4.69, 9.17) is 5.11 Å². The first kappa shape index (κ1) is 15.2. The Kier molecular flexibility index (Phi) is 3.63. The monoisotopic (exact) mass is 317 g/mol. The Hall–Kier alpha value is -2.70. The topological polar surface area (TPSA) is 84.2 Å². The van der Waals surface area contributed by atoms with Crippen molar-refractivity contribution < 1.29 is 14.3 Å². The molecule has 0 amide bonds. The predicted molar refractivity (Wildman–Crippen MR) is 81.8 cm³/mol. The summed E-state index contributed by atoms with van der Waals surface area (Å²) in [7, 11) is 0. The van der Waals surface area contributed by atoms with Gasteiger partial charge in [0.25, 0.3) is 5.56 Å². The van der Waals surface area contributed by atoms with E-state index in [9.17, 15) is 14.0 Å². The van der Waals surface area contributed by atoms with Crippen LogP contribution in [0.2, 0.25) is 0 Å². The molecule has 1 atom stereocenters. The summed E-state index contributed by atoms with van der Waals surface area (Å²) in [6.07, 6.45) is 2.54. The molecule has 2 aromatic rings. The van der Waals surface area contributed by atoms with E-state index in [-0.39, 0.29) is 5.82 Å². The van der Waals surface area contributed by atoms with Gasteiger partial charge >= 0.3 is 5.97 Å². The molecule has 23 heavy (non-hydrogen) atoms. The van der Waals surface area contributed by atoms with Gasteiger partial charge in [-0.1, -0.05) is 12.1 Å². The molecule has 0 bridgehead atoms. The van der Waals surface area contributed by atoms with Crippen molar-refractivity contribution in [2.45, 2.75) is 31.8 Å². The van der Waals surface area contributed by atoms with Crippen molar-refractivity contribution in [2.75, 3.05) is 5.32 Å². The summed E-state index contributed by atoms with van der Waals surface area (Å²) in [5, 5.41) is 12.0. The molecule has 0 radical (unpaired) electrons. The molecule has 0 saturated heterocycles. The first-order valence-corrected chi connectivity index (χ1v) is 7.23. The Morgan fingerprint density at radius 2 is 2.13 bits per heavy atom. The van der Waals surface area contributed by atoms with Gasteiger partial charge in [0.15, 0.2) is 0 Å². The average Bonchev–Trinajstić information content (AvgIpc) is 2.51. The quantitative estimate of drug-likeness (QED) is 0.901. The van der Waals surface area contributed by atoms with Gasteiger partial charge in [-0.05, 0) is 37.5 Å². The van der Waals surface area contributed by atoms with Gasteiger partial charge in [-0.3, -0.25) is 14.2 Å². The number of anilines is 1. The number of fused-ring (bicyclic) bond motifs is 1. The number of aromatic nitrogens is 2. The van der Waals surface area contributed by atoms with Gasteiger partial charge in [0.05, 0.1) is 17.6 Å². The van der Waals surface area contributed by atoms with E-state index in [1.54, 1.807) is 12.1 Å². The number of nitrogens with one attached hydrogen (secondary N) is 1. The highest BCUT2D eigenvalue weighted by atomic mass is 19.1. The van der Waals surface area contributed by atoms with Crippen LogP contribution in [0.15, 0.2) is 35.4 Å². The second-order valence-electron chi connectivity index (χ2n) is 5.86. The van der Waals surface area contributed by atoms with Crippen LogP contribution in [0.1, 0.15) is 24.6 Å². The Morgan fingerprint density at radius 1 is 1.43 bits per heavy atom. The van der Waals surface area contributed by atoms with Crippen molar-refractivity contribution >= 4 is 11.7 Å². The summed E-state index contributed by atoms with van der Waals surface area (Å²) in [4.78, 5) is 27.5. The second kappa shape index (κ2) is 5.49. The number of aliphatic carboxylic acids is 1. The van der Waals surface area contributed by atoms with Crippen LogP contribution in [-0.2, 0) is 23.3 Å². The number of hydrogen-bond acceptors (Lipinski definition) is 4. The number of hydrogen-bond donors (Lipinski definition) is 2. The van der Waals surface area contributed by atoms with Crippen molar-refractivity contribution in [3.05, 3.63) is 58.0 Å². The van der Waals surface area contributed by atoms with Crippen molar-refractivity contribution in [3.63, 3.8) is 0 Å². The normalized spacial score (nSPS) is 19.7. The third kappa shape index (κ3) is 2.81. The molecule has 0 saturated carbocycles. The molecule has 2 heterocycles. The fourth-order valence-corrected chi connectivity index (χ4v) is 2.84. The molecule has 0 unspecified atom stereocenters. The first-order chi connectivity index (χ1) is 10.9. The zero-order chi connectivity index (χ0) is 16.6. The van der Waals surface area contributed by atoms with Crippen molar-refractivity contribution in [2.24, 2.45) is 0 Å². The van der Waals surface area contributed by atoms with Crippen molar-refractivity contribution in [3.8, 4) is 0 Å². The van der Waals surface area contributed by atoms with E-state index in [0.717, 1.165) is 10.1 Å². The zero-order valence-corrected chi connectivity index (χ0v) is 12.5. The van der Waals surface area contributed by atoms with Gasteiger partial charge in [0.2, 0.25) is 0 Å². The number of carboxylic acid groups (broad SMARTS) is 1. The van der Waals surface area contributed by atoms with E-state index in [0.29, 0.717) is 24.2 Å². The highest BCUT2D eigenvalue weighted by Crippen LogP contribution is 2.35. The lowest BCUT2D eigenvalue weighted by molar-refractivity contribution is -0.137. The molecule has 6 nitrogen and oxygen atoms in total. The maximum Gasteiger partial charge on any atom is 0.323 e. The van der Waals surface area contributed by atoms with Crippen LogP contribution in [0.5, 0.6) is 0 Å². The Labute approximate surface area is 131 Å². The lowest BCUT2D eigenvalue weighted by Gasteiger charge is -2.36.